The Morgan fingerprint density at radius 3 is 2.55 bits per heavy atom. The summed E-state index contributed by atoms with van der Waals surface area (Å²) >= 11 is 0. The van der Waals surface area contributed by atoms with Crippen molar-refractivity contribution in [2.24, 2.45) is 23.5 Å². The second kappa shape index (κ2) is 6.30. The monoisotopic (exact) mass is 271 g/mol. The van der Waals surface area contributed by atoms with Crippen LogP contribution in [0.5, 0.6) is 0 Å². The fraction of sp³-hybridized carbons (Fsp3) is 0.684. The molecule has 0 aromatic heterocycles. The molecule has 0 amide bonds. The third-order valence-corrected chi connectivity index (χ3v) is 5.67. The number of aryl methyl sites for hydroxylation is 1. The van der Waals surface area contributed by atoms with E-state index in [9.17, 15) is 0 Å². The Morgan fingerprint density at radius 1 is 1.15 bits per heavy atom. The van der Waals surface area contributed by atoms with Crippen LogP contribution >= 0.6 is 0 Å². The zero-order valence-corrected chi connectivity index (χ0v) is 12.9. The highest BCUT2D eigenvalue weighted by atomic mass is 14.6. The lowest BCUT2D eigenvalue weighted by Gasteiger charge is -2.25. The molecular formula is C19H29N. The van der Waals surface area contributed by atoms with E-state index in [-0.39, 0.29) is 6.04 Å². The summed E-state index contributed by atoms with van der Waals surface area (Å²) in [6.07, 6.45) is 10.9. The van der Waals surface area contributed by atoms with E-state index < -0.39 is 0 Å². The summed E-state index contributed by atoms with van der Waals surface area (Å²) in [7, 11) is 0. The molecule has 0 heterocycles. The number of hydrogen-bond acceptors (Lipinski definition) is 1. The molecule has 2 fully saturated rings. The molecule has 4 unspecified atom stereocenters. The number of hydrogen-bond donors (Lipinski definition) is 1. The minimum atomic E-state index is 0.250. The highest BCUT2D eigenvalue weighted by molar-refractivity contribution is 5.25. The first-order valence-electron chi connectivity index (χ1n) is 8.60. The molecule has 3 rings (SSSR count). The Bertz CT molecular complexity index is 422. The average Bonchev–Trinajstić information content (AvgIpc) is 3.08. The maximum Gasteiger partial charge on any atom is 0.0297 e. The van der Waals surface area contributed by atoms with Crippen LogP contribution in [-0.4, -0.2) is 0 Å². The quantitative estimate of drug-likeness (QED) is 0.786. The van der Waals surface area contributed by atoms with Crippen LogP contribution in [0, 0.1) is 17.8 Å². The highest BCUT2D eigenvalue weighted by Crippen LogP contribution is 2.50. The largest absolute Gasteiger partial charge is 0.324 e. The lowest BCUT2D eigenvalue weighted by atomic mass is 9.83. The Balaban J connectivity index is 1.55. The van der Waals surface area contributed by atoms with E-state index in [1.807, 2.05) is 0 Å². The standard InChI is InChI=1S/C19H29N/c1-2-3-4-14-5-8-16(9-6-14)19(20)13-18-12-15-7-10-17(18)11-15/h5-6,8-9,15,17-19H,2-4,7,10-13,20H2,1H3. The molecule has 0 radical (unpaired) electrons. The van der Waals surface area contributed by atoms with Crippen LogP contribution in [0.1, 0.15) is 69.0 Å². The molecule has 0 spiro atoms. The van der Waals surface area contributed by atoms with Crippen molar-refractivity contribution in [1.82, 2.24) is 0 Å². The first kappa shape index (κ1) is 14.1. The van der Waals surface area contributed by atoms with Gasteiger partial charge in [0.15, 0.2) is 0 Å². The molecule has 0 saturated heterocycles. The smallest absolute Gasteiger partial charge is 0.0297 e. The summed E-state index contributed by atoms with van der Waals surface area (Å²) in [6.45, 7) is 2.25. The fourth-order valence-electron chi connectivity index (χ4n) is 4.44. The molecule has 4 atom stereocenters. The number of benzene rings is 1. The summed E-state index contributed by atoms with van der Waals surface area (Å²) in [6, 6.07) is 9.35. The van der Waals surface area contributed by atoms with Crippen molar-refractivity contribution in [2.75, 3.05) is 0 Å². The first-order chi connectivity index (χ1) is 9.76. The van der Waals surface area contributed by atoms with E-state index in [1.54, 1.807) is 0 Å². The van der Waals surface area contributed by atoms with E-state index in [1.165, 1.54) is 62.5 Å². The van der Waals surface area contributed by atoms with E-state index in [0.29, 0.717) is 0 Å². The molecular weight excluding hydrogens is 242 g/mol. The van der Waals surface area contributed by atoms with Crippen LogP contribution < -0.4 is 5.73 Å². The second-order valence-electron chi connectivity index (χ2n) is 7.12. The molecule has 1 heteroatoms. The molecule has 0 aliphatic heterocycles. The highest BCUT2D eigenvalue weighted by Gasteiger charge is 2.39. The molecule has 1 nitrogen and oxygen atoms in total. The van der Waals surface area contributed by atoms with Crippen LogP contribution in [0.15, 0.2) is 24.3 Å². The predicted molar refractivity (Wildman–Crippen MR) is 85.5 cm³/mol. The van der Waals surface area contributed by atoms with Crippen molar-refractivity contribution in [3.05, 3.63) is 35.4 Å². The SMILES string of the molecule is CCCCc1ccc(C(N)CC2CC3CCC2C3)cc1. The summed E-state index contributed by atoms with van der Waals surface area (Å²) < 4.78 is 0. The van der Waals surface area contributed by atoms with Gasteiger partial charge in [-0.05, 0) is 67.4 Å². The van der Waals surface area contributed by atoms with Crippen molar-refractivity contribution in [3.63, 3.8) is 0 Å². The summed E-state index contributed by atoms with van der Waals surface area (Å²) in [5, 5.41) is 0. The number of unbranched alkanes of at least 4 members (excludes halogenated alkanes) is 1. The maximum atomic E-state index is 6.46. The maximum absolute atomic E-state index is 6.46. The van der Waals surface area contributed by atoms with Crippen LogP contribution in [0.3, 0.4) is 0 Å². The number of rotatable bonds is 6. The van der Waals surface area contributed by atoms with Gasteiger partial charge in [-0.3, -0.25) is 0 Å². The molecule has 110 valence electrons. The third kappa shape index (κ3) is 3.09. The van der Waals surface area contributed by atoms with Gasteiger partial charge in [0, 0.05) is 6.04 Å². The van der Waals surface area contributed by atoms with Gasteiger partial charge < -0.3 is 5.73 Å². The minimum Gasteiger partial charge on any atom is -0.324 e. The van der Waals surface area contributed by atoms with Crippen LogP contribution in [0.25, 0.3) is 0 Å². The Morgan fingerprint density at radius 2 is 1.95 bits per heavy atom. The molecule has 2 aliphatic carbocycles. The topological polar surface area (TPSA) is 26.0 Å². The van der Waals surface area contributed by atoms with Gasteiger partial charge in [-0.1, -0.05) is 44.0 Å². The van der Waals surface area contributed by atoms with Gasteiger partial charge in [-0.25, -0.2) is 0 Å². The first-order valence-corrected chi connectivity index (χ1v) is 8.60. The van der Waals surface area contributed by atoms with Crippen LogP contribution in [0.2, 0.25) is 0 Å². The normalized spacial score (nSPS) is 29.8. The summed E-state index contributed by atoms with van der Waals surface area (Å²) in [5.41, 5.74) is 9.26. The van der Waals surface area contributed by atoms with Gasteiger partial charge in [0.25, 0.3) is 0 Å². The fourth-order valence-corrected chi connectivity index (χ4v) is 4.44. The molecule has 2 saturated carbocycles. The van der Waals surface area contributed by atoms with Gasteiger partial charge in [0.05, 0.1) is 0 Å². The van der Waals surface area contributed by atoms with Crippen molar-refractivity contribution >= 4 is 0 Å². The van der Waals surface area contributed by atoms with E-state index in [2.05, 4.69) is 31.2 Å². The number of nitrogens with two attached hydrogens (primary N) is 1. The van der Waals surface area contributed by atoms with Gasteiger partial charge in [-0.2, -0.15) is 0 Å². The van der Waals surface area contributed by atoms with Crippen LogP contribution in [-0.2, 0) is 6.42 Å². The molecule has 2 bridgehead atoms. The second-order valence-corrected chi connectivity index (χ2v) is 7.12. The average molecular weight is 271 g/mol. The summed E-state index contributed by atoms with van der Waals surface area (Å²) in [4.78, 5) is 0. The predicted octanol–water partition coefficient (Wildman–Crippen LogP) is 4.86. The zero-order chi connectivity index (χ0) is 13.9. The third-order valence-electron chi connectivity index (χ3n) is 5.67. The van der Waals surface area contributed by atoms with Crippen molar-refractivity contribution < 1.29 is 0 Å². The molecule has 2 N–H and O–H groups in total. The molecule has 1 aromatic carbocycles. The van der Waals surface area contributed by atoms with Crippen molar-refractivity contribution in [3.8, 4) is 0 Å². The Kier molecular flexibility index (Phi) is 4.45. The molecule has 2 aliphatic rings. The van der Waals surface area contributed by atoms with Gasteiger partial charge in [-0.15, -0.1) is 0 Å². The minimum absolute atomic E-state index is 0.250. The summed E-state index contributed by atoms with van der Waals surface area (Å²) in [5.74, 6) is 2.94. The molecule has 1 aromatic rings. The Labute approximate surface area is 124 Å². The van der Waals surface area contributed by atoms with E-state index >= 15 is 0 Å². The lowest BCUT2D eigenvalue weighted by Crippen LogP contribution is -2.19. The zero-order valence-electron chi connectivity index (χ0n) is 12.9. The lowest BCUT2D eigenvalue weighted by molar-refractivity contribution is 0.296. The van der Waals surface area contributed by atoms with Gasteiger partial charge >= 0.3 is 0 Å². The van der Waals surface area contributed by atoms with Gasteiger partial charge in [0.2, 0.25) is 0 Å². The van der Waals surface area contributed by atoms with E-state index in [4.69, 9.17) is 5.73 Å². The Hall–Kier alpha value is -0.820. The molecule has 20 heavy (non-hydrogen) atoms. The van der Waals surface area contributed by atoms with Crippen molar-refractivity contribution in [1.29, 1.82) is 0 Å². The van der Waals surface area contributed by atoms with Crippen LogP contribution in [0.4, 0.5) is 0 Å². The van der Waals surface area contributed by atoms with E-state index in [0.717, 1.165) is 17.8 Å². The number of fused-ring (bicyclic) bond motifs is 2. The van der Waals surface area contributed by atoms with Crippen molar-refractivity contribution in [2.45, 2.75) is 64.3 Å². The van der Waals surface area contributed by atoms with Gasteiger partial charge in [0.1, 0.15) is 0 Å².